The molecule has 0 aromatic carbocycles. The number of thiophene rings is 1. The van der Waals surface area contributed by atoms with Gasteiger partial charge in [-0.15, -0.1) is 11.3 Å². The molecule has 0 unspecified atom stereocenters. The molecule has 0 aliphatic rings. The zero-order valence-corrected chi connectivity index (χ0v) is 13.6. The second-order valence-electron chi connectivity index (χ2n) is 4.98. The molecule has 0 saturated carbocycles. The van der Waals surface area contributed by atoms with Crippen molar-refractivity contribution in [1.82, 2.24) is 24.5 Å². The molecule has 0 bridgehead atoms. The van der Waals surface area contributed by atoms with Gasteiger partial charge in [-0.2, -0.15) is 4.98 Å². The number of nitrogens with one attached hydrogen (secondary N) is 2. The van der Waals surface area contributed by atoms with Crippen LogP contribution in [0.4, 0.5) is 5.82 Å². The molecule has 0 radical (unpaired) electrons. The van der Waals surface area contributed by atoms with E-state index in [9.17, 15) is 9.59 Å². The summed E-state index contributed by atoms with van der Waals surface area (Å²) in [5, 5.41) is 1.82. The minimum Gasteiger partial charge on any atom is -0.329 e. The Labute approximate surface area is 135 Å². The summed E-state index contributed by atoms with van der Waals surface area (Å²) in [4.78, 5) is 33.0. The zero-order chi connectivity index (χ0) is 16.4. The largest absolute Gasteiger partial charge is 0.351 e. The van der Waals surface area contributed by atoms with Crippen LogP contribution in [0.25, 0.3) is 11.2 Å². The fourth-order valence-corrected chi connectivity index (χ4v) is 2.90. The molecule has 3 heterocycles. The second kappa shape index (κ2) is 6.21. The SMILES string of the molecule is CCCn1c(=O)nc(NNC(=O)c2cccs2)c2c1ncn2C. The summed E-state index contributed by atoms with van der Waals surface area (Å²) in [5.41, 5.74) is 6.10. The molecule has 0 spiro atoms. The minimum absolute atomic E-state index is 0.280. The van der Waals surface area contributed by atoms with Gasteiger partial charge in [0.25, 0.3) is 5.91 Å². The monoisotopic (exact) mass is 332 g/mol. The first-order chi connectivity index (χ1) is 11.1. The van der Waals surface area contributed by atoms with Gasteiger partial charge in [-0.25, -0.2) is 9.78 Å². The molecule has 0 aliphatic heterocycles. The van der Waals surface area contributed by atoms with Crippen molar-refractivity contribution in [2.45, 2.75) is 19.9 Å². The standard InChI is InChI=1S/C14H16N6O2S/c1-3-6-20-12-10(19(2)8-15-12)11(16-14(20)22)17-18-13(21)9-5-4-7-23-9/h4-5,7-8H,3,6H2,1-2H3,(H,18,21)(H,16,17,22). The third-order valence-electron chi connectivity index (χ3n) is 3.32. The number of hydrazine groups is 1. The molecule has 0 fully saturated rings. The van der Waals surface area contributed by atoms with Gasteiger partial charge in [0.2, 0.25) is 0 Å². The third-order valence-corrected chi connectivity index (χ3v) is 4.19. The number of hydrogen-bond donors (Lipinski definition) is 2. The fourth-order valence-electron chi connectivity index (χ4n) is 2.29. The van der Waals surface area contributed by atoms with Crippen LogP contribution in [-0.2, 0) is 13.6 Å². The van der Waals surface area contributed by atoms with Crippen molar-refractivity contribution in [1.29, 1.82) is 0 Å². The van der Waals surface area contributed by atoms with Crippen molar-refractivity contribution in [3.8, 4) is 0 Å². The Morgan fingerprint density at radius 1 is 1.43 bits per heavy atom. The number of amides is 1. The Hall–Kier alpha value is -2.68. The number of anilines is 1. The van der Waals surface area contributed by atoms with Gasteiger partial charge in [-0.1, -0.05) is 13.0 Å². The fraction of sp³-hybridized carbons (Fsp3) is 0.286. The molecule has 3 aromatic rings. The highest BCUT2D eigenvalue weighted by Crippen LogP contribution is 2.17. The number of fused-ring (bicyclic) bond motifs is 1. The minimum atomic E-state index is -0.397. The summed E-state index contributed by atoms with van der Waals surface area (Å²) >= 11 is 1.33. The van der Waals surface area contributed by atoms with Crippen molar-refractivity contribution in [2.75, 3.05) is 5.43 Å². The molecule has 120 valence electrons. The van der Waals surface area contributed by atoms with E-state index in [1.165, 1.54) is 15.9 Å². The van der Waals surface area contributed by atoms with E-state index in [0.717, 1.165) is 6.42 Å². The zero-order valence-electron chi connectivity index (χ0n) is 12.7. The first-order valence-electron chi connectivity index (χ1n) is 7.13. The van der Waals surface area contributed by atoms with E-state index in [1.54, 1.807) is 23.0 Å². The molecule has 0 aliphatic carbocycles. The van der Waals surface area contributed by atoms with Gasteiger partial charge in [0, 0.05) is 13.6 Å². The van der Waals surface area contributed by atoms with Crippen LogP contribution < -0.4 is 16.5 Å². The average molecular weight is 332 g/mol. The lowest BCUT2D eigenvalue weighted by Gasteiger charge is -2.11. The predicted octanol–water partition coefficient (Wildman–Crippen LogP) is 1.36. The number of rotatable bonds is 5. The number of carbonyl (C=O) groups is 1. The van der Waals surface area contributed by atoms with Gasteiger partial charge in [-0.05, 0) is 17.9 Å². The van der Waals surface area contributed by atoms with Gasteiger partial charge in [0.05, 0.1) is 11.2 Å². The maximum atomic E-state index is 12.2. The van der Waals surface area contributed by atoms with E-state index in [-0.39, 0.29) is 11.7 Å². The number of nitrogens with zero attached hydrogens (tertiary/aromatic N) is 4. The van der Waals surface area contributed by atoms with Crippen molar-refractivity contribution in [2.24, 2.45) is 7.05 Å². The molecule has 3 rings (SSSR count). The lowest BCUT2D eigenvalue weighted by atomic mass is 10.4. The van der Waals surface area contributed by atoms with Crippen LogP contribution in [0.3, 0.4) is 0 Å². The van der Waals surface area contributed by atoms with Gasteiger partial charge in [-0.3, -0.25) is 20.2 Å². The molecule has 0 saturated heterocycles. The van der Waals surface area contributed by atoms with Crippen molar-refractivity contribution in [3.63, 3.8) is 0 Å². The van der Waals surface area contributed by atoms with Crippen LogP contribution in [0.5, 0.6) is 0 Å². The highest BCUT2D eigenvalue weighted by atomic mass is 32.1. The van der Waals surface area contributed by atoms with Crippen molar-refractivity contribution in [3.05, 3.63) is 39.2 Å². The van der Waals surface area contributed by atoms with E-state index >= 15 is 0 Å². The maximum absolute atomic E-state index is 12.2. The number of carbonyl (C=O) groups excluding carboxylic acids is 1. The third kappa shape index (κ3) is 2.82. The Balaban J connectivity index is 1.95. The van der Waals surface area contributed by atoms with E-state index in [1.807, 2.05) is 19.4 Å². The quantitative estimate of drug-likeness (QED) is 0.688. The van der Waals surface area contributed by atoms with Gasteiger partial charge in [0.15, 0.2) is 11.5 Å². The van der Waals surface area contributed by atoms with Crippen LogP contribution in [0.1, 0.15) is 23.0 Å². The molecule has 23 heavy (non-hydrogen) atoms. The van der Waals surface area contributed by atoms with E-state index in [2.05, 4.69) is 20.8 Å². The van der Waals surface area contributed by atoms with Crippen LogP contribution in [0.2, 0.25) is 0 Å². The van der Waals surface area contributed by atoms with E-state index in [0.29, 0.717) is 22.6 Å². The summed E-state index contributed by atoms with van der Waals surface area (Å²) in [6.07, 6.45) is 2.42. The lowest BCUT2D eigenvalue weighted by molar-refractivity contribution is 0.0966. The molecule has 9 heteroatoms. The summed E-state index contributed by atoms with van der Waals surface area (Å²) in [6, 6.07) is 3.51. The van der Waals surface area contributed by atoms with E-state index in [4.69, 9.17) is 0 Å². The van der Waals surface area contributed by atoms with Gasteiger partial charge >= 0.3 is 5.69 Å². The normalized spacial score (nSPS) is 10.9. The summed E-state index contributed by atoms with van der Waals surface area (Å²) < 4.78 is 3.29. The second-order valence-corrected chi connectivity index (χ2v) is 5.93. The number of aromatic nitrogens is 4. The first-order valence-corrected chi connectivity index (χ1v) is 8.01. The average Bonchev–Trinajstić information content (AvgIpc) is 3.18. The molecular weight excluding hydrogens is 316 g/mol. The molecule has 0 atom stereocenters. The Morgan fingerprint density at radius 3 is 2.96 bits per heavy atom. The lowest BCUT2D eigenvalue weighted by Crippen LogP contribution is -2.32. The van der Waals surface area contributed by atoms with Crippen LogP contribution in [-0.4, -0.2) is 25.0 Å². The Kier molecular flexibility index (Phi) is 4.11. The maximum Gasteiger partial charge on any atom is 0.351 e. The van der Waals surface area contributed by atoms with Gasteiger partial charge < -0.3 is 4.57 Å². The Morgan fingerprint density at radius 2 is 2.26 bits per heavy atom. The topological polar surface area (TPSA) is 93.8 Å². The molecule has 8 nitrogen and oxygen atoms in total. The summed E-state index contributed by atoms with van der Waals surface area (Å²) in [7, 11) is 1.81. The summed E-state index contributed by atoms with van der Waals surface area (Å²) in [6.45, 7) is 2.52. The Bertz CT molecular complexity index is 896. The predicted molar refractivity (Wildman–Crippen MR) is 88.5 cm³/mol. The number of aryl methyl sites for hydroxylation is 2. The smallest absolute Gasteiger partial charge is 0.329 e. The van der Waals surface area contributed by atoms with Crippen molar-refractivity contribution >= 4 is 34.2 Å². The number of hydrogen-bond acceptors (Lipinski definition) is 6. The highest BCUT2D eigenvalue weighted by molar-refractivity contribution is 7.12. The molecule has 2 N–H and O–H groups in total. The van der Waals surface area contributed by atoms with Gasteiger partial charge in [0.1, 0.15) is 5.52 Å². The molecule has 3 aromatic heterocycles. The van der Waals surface area contributed by atoms with Crippen LogP contribution >= 0.6 is 11.3 Å². The highest BCUT2D eigenvalue weighted by Gasteiger charge is 2.15. The van der Waals surface area contributed by atoms with Crippen LogP contribution in [0, 0.1) is 0 Å². The summed E-state index contributed by atoms with van der Waals surface area (Å²) in [5.74, 6) is -0.00267. The first kappa shape index (κ1) is 15.2. The van der Waals surface area contributed by atoms with Crippen molar-refractivity contribution < 1.29 is 4.79 Å². The molecular formula is C14H16N6O2S. The van der Waals surface area contributed by atoms with Crippen LogP contribution in [0.15, 0.2) is 28.6 Å². The molecule has 1 amide bonds. The number of imidazole rings is 1. The van der Waals surface area contributed by atoms with E-state index < -0.39 is 5.69 Å².